The maximum absolute atomic E-state index is 6.02. The van der Waals surface area contributed by atoms with Crippen LogP contribution in [0.15, 0.2) is 30.5 Å². The predicted octanol–water partition coefficient (Wildman–Crippen LogP) is 2.00. The molecule has 1 aromatic carbocycles. The van der Waals surface area contributed by atoms with Crippen molar-refractivity contribution < 1.29 is 0 Å². The van der Waals surface area contributed by atoms with Crippen molar-refractivity contribution in [3.8, 4) is 0 Å². The van der Waals surface area contributed by atoms with Crippen molar-refractivity contribution in [3.05, 3.63) is 30.5 Å². The van der Waals surface area contributed by atoms with Crippen LogP contribution in [0.4, 0.5) is 11.4 Å². The molecule has 1 saturated heterocycles. The number of nitrogens with two attached hydrogens (primary N) is 1. The van der Waals surface area contributed by atoms with E-state index in [9.17, 15) is 0 Å². The number of rotatable bonds is 1. The molecule has 2 aromatic rings. The molecule has 0 unspecified atom stereocenters. The van der Waals surface area contributed by atoms with Crippen LogP contribution in [0.5, 0.6) is 0 Å². The van der Waals surface area contributed by atoms with Gasteiger partial charge in [-0.2, -0.15) is 0 Å². The Morgan fingerprint density at radius 3 is 2.68 bits per heavy atom. The molecule has 4 nitrogen and oxygen atoms in total. The standard InChI is InChI=1S/C15H20N4/c1-10-8-19(9-11(2)18-10)14-6-5-13(16)15-12(14)4-3-7-17-15/h3-7,10-11,18H,8-9,16H2,1-2H3/t10-,11+. The van der Waals surface area contributed by atoms with Crippen LogP contribution in [-0.4, -0.2) is 30.2 Å². The number of nitrogens with one attached hydrogen (secondary N) is 1. The Hall–Kier alpha value is -1.81. The molecule has 1 aromatic heterocycles. The van der Waals surface area contributed by atoms with E-state index < -0.39 is 0 Å². The predicted molar refractivity (Wildman–Crippen MR) is 80.4 cm³/mol. The number of hydrogen-bond donors (Lipinski definition) is 2. The van der Waals surface area contributed by atoms with E-state index in [4.69, 9.17) is 5.73 Å². The highest BCUT2D eigenvalue weighted by Crippen LogP contribution is 2.30. The number of piperazine rings is 1. The molecule has 3 rings (SSSR count). The van der Waals surface area contributed by atoms with E-state index >= 15 is 0 Å². The summed E-state index contributed by atoms with van der Waals surface area (Å²) < 4.78 is 0. The number of benzene rings is 1. The second-order valence-corrected chi connectivity index (χ2v) is 5.45. The van der Waals surface area contributed by atoms with Gasteiger partial charge in [0.15, 0.2) is 0 Å². The van der Waals surface area contributed by atoms with Crippen molar-refractivity contribution in [2.24, 2.45) is 0 Å². The fourth-order valence-electron chi connectivity index (χ4n) is 2.98. The Morgan fingerprint density at radius 2 is 1.95 bits per heavy atom. The molecule has 1 aliphatic rings. The first-order valence-corrected chi connectivity index (χ1v) is 6.79. The number of fused-ring (bicyclic) bond motifs is 1. The molecular weight excluding hydrogens is 236 g/mol. The summed E-state index contributed by atoms with van der Waals surface area (Å²) in [5.41, 5.74) is 8.90. The topological polar surface area (TPSA) is 54.2 Å². The number of hydrogen-bond acceptors (Lipinski definition) is 4. The van der Waals surface area contributed by atoms with Crippen LogP contribution in [0, 0.1) is 0 Å². The van der Waals surface area contributed by atoms with Gasteiger partial charge in [-0.25, -0.2) is 0 Å². The molecule has 100 valence electrons. The van der Waals surface area contributed by atoms with Crippen molar-refractivity contribution in [1.29, 1.82) is 0 Å². The van der Waals surface area contributed by atoms with Crippen LogP contribution in [0.1, 0.15) is 13.8 Å². The lowest BCUT2D eigenvalue weighted by molar-refractivity contribution is 0.407. The van der Waals surface area contributed by atoms with E-state index in [-0.39, 0.29) is 0 Å². The molecule has 3 N–H and O–H groups in total. The van der Waals surface area contributed by atoms with Crippen LogP contribution in [0.3, 0.4) is 0 Å². The molecule has 19 heavy (non-hydrogen) atoms. The van der Waals surface area contributed by atoms with Crippen molar-refractivity contribution in [1.82, 2.24) is 10.3 Å². The molecule has 0 amide bonds. The van der Waals surface area contributed by atoms with Gasteiger partial charge < -0.3 is 16.0 Å². The Morgan fingerprint density at radius 1 is 1.21 bits per heavy atom. The molecule has 0 aliphatic carbocycles. The fraction of sp³-hybridized carbons (Fsp3) is 0.400. The normalized spacial score (nSPS) is 23.8. The third kappa shape index (κ3) is 2.24. The summed E-state index contributed by atoms with van der Waals surface area (Å²) in [5.74, 6) is 0. The quantitative estimate of drug-likeness (QED) is 0.766. The van der Waals surface area contributed by atoms with E-state index in [0.717, 1.165) is 29.7 Å². The lowest BCUT2D eigenvalue weighted by Gasteiger charge is -2.38. The summed E-state index contributed by atoms with van der Waals surface area (Å²) in [7, 11) is 0. The zero-order chi connectivity index (χ0) is 13.4. The first kappa shape index (κ1) is 12.2. The largest absolute Gasteiger partial charge is 0.397 e. The van der Waals surface area contributed by atoms with E-state index in [2.05, 4.69) is 41.2 Å². The Kier molecular flexibility index (Phi) is 3.03. The molecule has 1 aliphatic heterocycles. The van der Waals surface area contributed by atoms with E-state index in [0.29, 0.717) is 12.1 Å². The van der Waals surface area contributed by atoms with Gasteiger partial charge >= 0.3 is 0 Å². The summed E-state index contributed by atoms with van der Waals surface area (Å²) >= 11 is 0. The first-order valence-electron chi connectivity index (χ1n) is 6.79. The zero-order valence-corrected chi connectivity index (χ0v) is 11.4. The number of anilines is 2. The highest BCUT2D eigenvalue weighted by Gasteiger charge is 2.22. The van der Waals surface area contributed by atoms with Gasteiger partial charge in [-0.05, 0) is 38.1 Å². The summed E-state index contributed by atoms with van der Waals surface area (Å²) in [6, 6.07) is 9.14. The van der Waals surface area contributed by atoms with Gasteiger partial charge in [0.25, 0.3) is 0 Å². The third-order valence-corrected chi connectivity index (χ3v) is 3.68. The van der Waals surface area contributed by atoms with Crippen LogP contribution in [0.2, 0.25) is 0 Å². The van der Waals surface area contributed by atoms with E-state index in [1.54, 1.807) is 6.20 Å². The summed E-state index contributed by atoms with van der Waals surface area (Å²) in [4.78, 5) is 6.83. The monoisotopic (exact) mass is 256 g/mol. The molecule has 0 bridgehead atoms. The molecule has 4 heteroatoms. The Balaban J connectivity index is 2.07. The molecule has 0 saturated carbocycles. The first-order chi connectivity index (χ1) is 9.15. The lowest BCUT2D eigenvalue weighted by atomic mass is 10.1. The number of nitrogens with zero attached hydrogens (tertiary/aromatic N) is 2. The molecule has 0 spiro atoms. The summed E-state index contributed by atoms with van der Waals surface area (Å²) in [5, 5.41) is 4.70. The number of nitrogen functional groups attached to an aromatic ring is 1. The van der Waals surface area contributed by atoms with Gasteiger partial charge in [-0.15, -0.1) is 0 Å². The van der Waals surface area contributed by atoms with Crippen molar-refractivity contribution in [2.45, 2.75) is 25.9 Å². The smallest absolute Gasteiger partial charge is 0.0951 e. The van der Waals surface area contributed by atoms with Crippen molar-refractivity contribution in [2.75, 3.05) is 23.7 Å². The van der Waals surface area contributed by atoms with Gasteiger partial charge in [0.1, 0.15) is 0 Å². The fourth-order valence-corrected chi connectivity index (χ4v) is 2.98. The molecule has 2 heterocycles. The molecular formula is C15H20N4. The average Bonchev–Trinajstić information content (AvgIpc) is 2.38. The van der Waals surface area contributed by atoms with Gasteiger partial charge in [0.2, 0.25) is 0 Å². The van der Waals surface area contributed by atoms with Crippen LogP contribution >= 0.6 is 0 Å². The highest BCUT2D eigenvalue weighted by atomic mass is 15.2. The van der Waals surface area contributed by atoms with E-state index in [1.165, 1.54) is 5.69 Å². The zero-order valence-electron chi connectivity index (χ0n) is 11.4. The molecule has 1 fully saturated rings. The Bertz CT molecular complexity index is 586. The van der Waals surface area contributed by atoms with E-state index in [1.807, 2.05) is 12.1 Å². The molecule has 2 atom stereocenters. The minimum Gasteiger partial charge on any atom is -0.397 e. The second-order valence-electron chi connectivity index (χ2n) is 5.45. The van der Waals surface area contributed by atoms with Crippen molar-refractivity contribution in [3.63, 3.8) is 0 Å². The lowest BCUT2D eigenvalue weighted by Crippen LogP contribution is -2.54. The third-order valence-electron chi connectivity index (χ3n) is 3.68. The van der Waals surface area contributed by atoms with Gasteiger partial charge in [0, 0.05) is 42.4 Å². The highest BCUT2D eigenvalue weighted by molar-refractivity contribution is 5.98. The minimum atomic E-state index is 0.494. The average molecular weight is 256 g/mol. The minimum absolute atomic E-state index is 0.494. The van der Waals surface area contributed by atoms with Crippen LogP contribution in [0.25, 0.3) is 10.9 Å². The summed E-state index contributed by atoms with van der Waals surface area (Å²) in [6.45, 7) is 6.47. The maximum atomic E-state index is 6.02. The number of pyridine rings is 1. The van der Waals surface area contributed by atoms with Gasteiger partial charge in [-0.1, -0.05) is 0 Å². The Labute approximate surface area is 113 Å². The van der Waals surface area contributed by atoms with Crippen LogP contribution in [-0.2, 0) is 0 Å². The maximum Gasteiger partial charge on any atom is 0.0951 e. The SMILES string of the molecule is C[C@@H]1CN(c2ccc(N)c3ncccc23)C[C@H](C)N1. The number of aromatic nitrogens is 1. The van der Waals surface area contributed by atoms with Crippen molar-refractivity contribution >= 4 is 22.3 Å². The van der Waals surface area contributed by atoms with Crippen LogP contribution < -0.4 is 16.0 Å². The molecule has 0 radical (unpaired) electrons. The second kappa shape index (κ2) is 4.70. The van der Waals surface area contributed by atoms with Gasteiger partial charge in [-0.3, -0.25) is 4.98 Å². The van der Waals surface area contributed by atoms with Gasteiger partial charge in [0.05, 0.1) is 11.2 Å². The summed E-state index contributed by atoms with van der Waals surface area (Å²) in [6.07, 6.45) is 1.80.